The Morgan fingerprint density at radius 1 is 1.13 bits per heavy atom. The van der Waals surface area contributed by atoms with Crippen molar-refractivity contribution in [2.75, 3.05) is 4.72 Å². The molecule has 1 aliphatic rings. The van der Waals surface area contributed by atoms with Gasteiger partial charge < -0.3 is 0 Å². The number of hydrogen-bond acceptors (Lipinski definition) is 5. The minimum atomic E-state index is -4.46. The molecule has 5 nitrogen and oxygen atoms in total. The quantitative estimate of drug-likeness (QED) is 0.856. The topological polar surface area (TPSA) is 76.1 Å². The maximum Gasteiger partial charge on any atom is 0.269 e. The van der Waals surface area contributed by atoms with Crippen molar-refractivity contribution in [3.05, 3.63) is 40.4 Å². The molecule has 23 heavy (non-hydrogen) atoms. The number of aromatic nitrogens is 1. The number of sulfonamides is 1. The van der Waals surface area contributed by atoms with Gasteiger partial charge in [0, 0.05) is 6.42 Å². The first-order valence-corrected chi connectivity index (χ1v) is 9.18. The van der Waals surface area contributed by atoms with E-state index in [1.165, 1.54) is 0 Å². The summed E-state index contributed by atoms with van der Waals surface area (Å²) in [7, 11) is -4.46. The van der Waals surface area contributed by atoms with Gasteiger partial charge in [-0.25, -0.2) is 22.2 Å². The van der Waals surface area contributed by atoms with Crippen LogP contribution in [0.1, 0.15) is 34.6 Å². The summed E-state index contributed by atoms with van der Waals surface area (Å²) in [5.41, 5.74) is 0.532. The zero-order valence-electron chi connectivity index (χ0n) is 11.8. The van der Waals surface area contributed by atoms with Crippen LogP contribution in [0.2, 0.25) is 0 Å². The average molecular weight is 358 g/mol. The molecule has 1 aromatic carbocycles. The van der Waals surface area contributed by atoms with Crippen LogP contribution in [0.5, 0.6) is 0 Å². The molecule has 1 aliphatic carbocycles. The van der Waals surface area contributed by atoms with Crippen LogP contribution in [0.3, 0.4) is 0 Å². The van der Waals surface area contributed by atoms with E-state index < -0.39 is 26.6 Å². The standard InChI is InChI=1S/C14H12F2N2O3S2/c15-8-4-3-5-9(16)13(8)23(20,21)18-14-17-10-6-1-2-7-11(19)12(10)22-14/h3-5H,1-2,6-7H2,(H,17,18). The lowest BCUT2D eigenvalue weighted by molar-refractivity contribution is 0.0985. The Morgan fingerprint density at radius 2 is 1.78 bits per heavy atom. The fraction of sp³-hybridized carbons (Fsp3) is 0.286. The van der Waals surface area contributed by atoms with Crippen LogP contribution in [0.4, 0.5) is 13.9 Å². The average Bonchev–Trinajstić information content (AvgIpc) is 2.77. The largest absolute Gasteiger partial charge is 0.293 e. The molecule has 0 spiro atoms. The normalized spacial score (nSPS) is 15.1. The number of Topliss-reactive ketones (excluding diaryl/α,β-unsaturated/α-hetero) is 1. The first kappa shape index (κ1) is 16.0. The molecule has 1 N–H and O–H groups in total. The molecule has 2 aromatic rings. The zero-order valence-corrected chi connectivity index (χ0v) is 13.4. The maximum atomic E-state index is 13.7. The Balaban J connectivity index is 1.96. The molecule has 9 heteroatoms. The van der Waals surface area contributed by atoms with E-state index in [1.807, 2.05) is 0 Å². The summed E-state index contributed by atoms with van der Waals surface area (Å²) >= 11 is 0.894. The van der Waals surface area contributed by atoms with E-state index in [4.69, 9.17) is 0 Å². The predicted molar refractivity (Wildman–Crippen MR) is 81.2 cm³/mol. The van der Waals surface area contributed by atoms with Crippen molar-refractivity contribution in [2.45, 2.75) is 30.6 Å². The minimum absolute atomic E-state index is 0.0621. The Bertz CT molecular complexity index is 858. The molecule has 0 aliphatic heterocycles. The third-order valence-corrected chi connectivity index (χ3v) is 6.00. The highest BCUT2D eigenvalue weighted by Crippen LogP contribution is 2.31. The predicted octanol–water partition coefficient (Wildman–Crippen LogP) is 3.13. The van der Waals surface area contributed by atoms with Crippen LogP contribution < -0.4 is 4.72 Å². The molecule has 0 saturated heterocycles. The summed E-state index contributed by atoms with van der Waals surface area (Å²) < 4.78 is 53.8. The zero-order chi connectivity index (χ0) is 16.6. The third kappa shape index (κ3) is 3.11. The molecule has 0 radical (unpaired) electrons. The maximum absolute atomic E-state index is 13.7. The van der Waals surface area contributed by atoms with Crippen molar-refractivity contribution >= 4 is 32.3 Å². The van der Waals surface area contributed by atoms with E-state index in [0.29, 0.717) is 23.4 Å². The van der Waals surface area contributed by atoms with Crippen molar-refractivity contribution in [1.82, 2.24) is 4.98 Å². The second-order valence-corrected chi connectivity index (χ2v) is 7.70. The molecular weight excluding hydrogens is 346 g/mol. The molecule has 1 aromatic heterocycles. The molecule has 0 bridgehead atoms. The molecule has 0 fully saturated rings. The number of carbonyl (C=O) groups is 1. The number of nitrogens with zero attached hydrogens (tertiary/aromatic N) is 1. The van der Waals surface area contributed by atoms with Gasteiger partial charge in [0.1, 0.15) is 11.6 Å². The summed E-state index contributed by atoms with van der Waals surface area (Å²) in [5, 5.41) is -0.0621. The van der Waals surface area contributed by atoms with Gasteiger partial charge in [0.25, 0.3) is 10.0 Å². The lowest BCUT2D eigenvalue weighted by Gasteiger charge is -2.07. The van der Waals surface area contributed by atoms with E-state index in [9.17, 15) is 22.0 Å². The van der Waals surface area contributed by atoms with Gasteiger partial charge in [-0.1, -0.05) is 17.4 Å². The summed E-state index contributed by atoms with van der Waals surface area (Å²) in [5.74, 6) is -2.46. The van der Waals surface area contributed by atoms with E-state index in [1.54, 1.807) is 0 Å². The Morgan fingerprint density at radius 3 is 2.48 bits per heavy atom. The van der Waals surface area contributed by atoms with Crippen LogP contribution in [0.25, 0.3) is 0 Å². The van der Waals surface area contributed by atoms with Gasteiger partial charge in [-0.3, -0.25) is 9.52 Å². The minimum Gasteiger partial charge on any atom is -0.293 e. The molecule has 0 unspecified atom stereocenters. The van der Waals surface area contributed by atoms with E-state index in [-0.39, 0.29) is 10.9 Å². The number of ketones is 1. The highest BCUT2D eigenvalue weighted by atomic mass is 32.2. The van der Waals surface area contributed by atoms with Gasteiger partial charge >= 0.3 is 0 Å². The van der Waals surface area contributed by atoms with Crippen molar-refractivity contribution in [1.29, 1.82) is 0 Å². The number of nitrogens with one attached hydrogen (secondary N) is 1. The Kier molecular flexibility index (Phi) is 4.15. The van der Waals surface area contributed by atoms with Crippen molar-refractivity contribution < 1.29 is 22.0 Å². The van der Waals surface area contributed by atoms with Gasteiger partial charge in [0.15, 0.2) is 15.8 Å². The van der Waals surface area contributed by atoms with Crippen molar-refractivity contribution in [2.24, 2.45) is 0 Å². The van der Waals surface area contributed by atoms with Crippen molar-refractivity contribution in [3.63, 3.8) is 0 Å². The van der Waals surface area contributed by atoms with Gasteiger partial charge in [-0.15, -0.1) is 0 Å². The number of fused-ring (bicyclic) bond motifs is 1. The number of thiazole rings is 1. The van der Waals surface area contributed by atoms with E-state index >= 15 is 0 Å². The number of carbonyl (C=O) groups excluding carboxylic acids is 1. The summed E-state index contributed by atoms with van der Waals surface area (Å²) in [6.45, 7) is 0. The fourth-order valence-corrected chi connectivity index (χ4v) is 4.73. The van der Waals surface area contributed by atoms with E-state index in [0.717, 1.165) is 42.4 Å². The first-order chi connectivity index (χ1) is 10.9. The third-order valence-electron chi connectivity index (χ3n) is 3.43. The summed E-state index contributed by atoms with van der Waals surface area (Å²) in [6, 6.07) is 2.80. The lowest BCUT2D eigenvalue weighted by atomic mass is 10.2. The number of hydrogen-bond donors (Lipinski definition) is 1. The number of rotatable bonds is 3. The smallest absolute Gasteiger partial charge is 0.269 e. The molecule has 0 atom stereocenters. The second kappa shape index (κ2) is 5.97. The van der Waals surface area contributed by atoms with Crippen LogP contribution in [0.15, 0.2) is 23.1 Å². The number of benzene rings is 1. The molecule has 0 amide bonds. The number of anilines is 1. The van der Waals surface area contributed by atoms with Crippen LogP contribution in [-0.2, 0) is 16.4 Å². The van der Waals surface area contributed by atoms with Crippen LogP contribution >= 0.6 is 11.3 Å². The number of halogens is 2. The van der Waals surface area contributed by atoms with Gasteiger partial charge in [-0.05, 0) is 31.4 Å². The molecule has 122 valence electrons. The Labute approximate surface area is 135 Å². The second-order valence-electron chi connectivity index (χ2n) is 5.08. The monoisotopic (exact) mass is 358 g/mol. The van der Waals surface area contributed by atoms with Gasteiger partial charge in [0.2, 0.25) is 0 Å². The fourth-order valence-electron chi connectivity index (χ4n) is 2.38. The number of aryl methyl sites for hydroxylation is 1. The van der Waals surface area contributed by atoms with Crippen LogP contribution in [-0.4, -0.2) is 19.2 Å². The SMILES string of the molecule is O=C1CCCCc2nc(NS(=O)(=O)c3c(F)cccc3F)sc21. The van der Waals surface area contributed by atoms with E-state index in [2.05, 4.69) is 9.71 Å². The first-order valence-electron chi connectivity index (χ1n) is 6.88. The lowest BCUT2D eigenvalue weighted by Crippen LogP contribution is -2.16. The summed E-state index contributed by atoms with van der Waals surface area (Å²) in [6.07, 6.45) is 2.52. The highest BCUT2D eigenvalue weighted by molar-refractivity contribution is 7.93. The summed E-state index contributed by atoms with van der Waals surface area (Å²) in [4.78, 5) is 15.4. The molecule has 1 heterocycles. The van der Waals surface area contributed by atoms with Gasteiger partial charge in [0.05, 0.1) is 10.6 Å². The molecule has 3 rings (SSSR count). The highest BCUT2D eigenvalue weighted by Gasteiger charge is 2.27. The van der Waals surface area contributed by atoms with Crippen molar-refractivity contribution in [3.8, 4) is 0 Å². The van der Waals surface area contributed by atoms with Gasteiger partial charge in [-0.2, -0.15) is 0 Å². The van der Waals surface area contributed by atoms with Crippen LogP contribution in [0, 0.1) is 11.6 Å². The Hall–Kier alpha value is -1.87. The molecule has 0 saturated carbocycles. The molecular formula is C14H12F2N2O3S2.